The second-order valence-corrected chi connectivity index (χ2v) is 11.6. The third kappa shape index (κ3) is 8.70. The van der Waals surface area contributed by atoms with Crippen LogP contribution in [0.4, 0.5) is 5.69 Å². The van der Waals surface area contributed by atoms with Crippen molar-refractivity contribution in [1.29, 1.82) is 0 Å². The first-order valence-corrected chi connectivity index (χ1v) is 14.0. The zero-order valence-electron chi connectivity index (χ0n) is 20.7. The van der Waals surface area contributed by atoms with Gasteiger partial charge in [-0.1, -0.05) is 41.4 Å². The summed E-state index contributed by atoms with van der Waals surface area (Å²) in [6.07, 6.45) is 1.45. The van der Waals surface area contributed by atoms with Crippen LogP contribution >= 0.6 is 23.2 Å². The second-order valence-electron chi connectivity index (χ2n) is 8.86. The summed E-state index contributed by atoms with van der Waals surface area (Å²) in [7, 11) is -3.60. The maximum absolute atomic E-state index is 13.3. The van der Waals surface area contributed by atoms with Gasteiger partial charge in [-0.25, -0.2) is 8.42 Å². The molecule has 0 bridgehead atoms. The molecule has 2 amide bonds. The molecular formula is C25H33Cl2N3O4S. The molecule has 0 aliphatic rings. The van der Waals surface area contributed by atoms with Crippen LogP contribution in [0, 0.1) is 6.92 Å². The van der Waals surface area contributed by atoms with Crippen molar-refractivity contribution in [2.24, 2.45) is 0 Å². The molecule has 0 saturated carbocycles. The van der Waals surface area contributed by atoms with Gasteiger partial charge in [-0.15, -0.1) is 0 Å². The van der Waals surface area contributed by atoms with Gasteiger partial charge < -0.3 is 10.2 Å². The lowest BCUT2D eigenvalue weighted by atomic mass is 10.1. The number of amides is 2. The van der Waals surface area contributed by atoms with Crippen molar-refractivity contribution in [1.82, 2.24) is 10.2 Å². The Morgan fingerprint density at radius 3 is 2.29 bits per heavy atom. The molecule has 0 fully saturated rings. The highest BCUT2D eigenvalue weighted by atomic mass is 35.5. The van der Waals surface area contributed by atoms with Gasteiger partial charge in [0.05, 0.1) is 11.9 Å². The van der Waals surface area contributed by atoms with E-state index in [2.05, 4.69) is 5.32 Å². The highest BCUT2D eigenvalue weighted by Crippen LogP contribution is 2.27. The van der Waals surface area contributed by atoms with Gasteiger partial charge in [0.25, 0.3) is 0 Å². The van der Waals surface area contributed by atoms with E-state index < -0.39 is 16.1 Å². The minimum absolute atomic E-state index is 0.0610. The number of hydrogen-bond donors (Lipinski definition) is 1. The number of carbonyl (C=O) groups is 2. The Morgan fingerprint density at radius 1 is 1.03 bits per heavy atom. The SMILES string of the molecule is Cc1ccc(Cl)cc1N(CCCC(=O)N(Cc1cccc(Cl)c1)[C@@H](C)C(=O)NC(C)C)S(C)(=O)=O. The van der Waals surface area contributed by atoms with Crippen LogP contribution in [0.5, 0.6) is 0 Å². The Labute approximate surface area is 218 Å². The Balaban J connectivity index is 2.21. The molecule has 1 N–H and O–H groups in total. The third-order valence-corrected chi connectivity index (χ3v) is 7.08. The Morgan fingerprint density at radius 2 is 1.69 bits per heavy atom. The van der Waals surface area contributed by atoms with Gasteiger partial charge in [0.15, 0.2) is 0 Å². The number of nitrogens with one attached hydrogen (secondary N) is 1. The maximum atomic E-state index is 13.3. The average Bonchev–Trinajstić information content (AvgIpc) is 2.75. The van der Waals surface area contributed by atoms with Crippen molar-refractivity contribution in [3.05, 3.63) is 63.6 Å². The molecule has 192 valence electrons. The Kier molecular flexibility index (Phi) is 10.4. The molecule has 0 saturated heterocycles. The quantitative estimate of drug-likeness (QED) is 0.443. The number of hydrogen-bond acceptors (Lipinski definition) is 4. The van der Waals surface area contributed by atoms with Crippen LogP contribution in [0.25, 0.3) is 0 Å². The second kappa shape index (κ2) is 12.6. The predicted octanol–water partition coefficient (Wildman–Crippen LogP) is 4.79. The van der Waals surface area contributed by atoms with Crippen LogP contribution in [0.1, 0.15) is 44.7 Å². The van der Waals surface area contributed by atoms with Crippen LogP contribution < -0.4 is 9.62 Å². The topological polar surface area (TPSA) is 86.8 Å². The van der Waals surface area contributed by atoms with Gasteiger partial charge in [-0.05, 0) is 69.5 Å². The number of aryl methyl sites for hydroxylation is 1. The number of rotatable bonds is 11. The minimum Gasteiger partial charge on any atom is -0.352 e. The van der Waals surface area contributed by atoms with E-state index in [9.17, 15) is 18.0 Å². The molecule has 2 aromatic rings. The summed E-state index contributed by atoms with van der Waals surface area (Å²) in [5, 5.41) is 3.80. The van der Waals surface area contributed by atoms with Crippen LogP contribution in [-0.4, -0.2) is 50.0 Å². The monoisotopic (exact) mass is 541 g/mol. The Hall–Kier alpha value is -2.29. The van der Waals surface area contributed by atoms with E-state index in [4.69, 9.17) is 23.2 Å². The van der Waals surface area contributed by atoms with E-state index in [0.29, 0.717) is 15.7 Å². The molecule has 1 atom stereocenters. The fourth-order valence-corrected chi connectivity index (χ4v) is 5.05. The summed E-state index contributed by atoms with van der Waals surface area (Å²) >= 11 is 12.2. The first-order valence-electron chi connectivity index (χ1n) is 11.4. The first-order chi connectivity index (χ1) is 16.3. The summed E-state index contributed by atoms with van der Waals surface area (Å²) in [4.78, 5) is 27.5. The van der Waals surface area contributed by atoms with Gasteiger partial charge in [-0.3, -0.25) is 13.9 Å². The summed E-state index contributed by atoms with van der Waals surface area (Å²) < 4.78 is 26.3. The zero-order valence-corrected chi connectivity index (χ0v) is 23.0. The van der Waals surface area contributed by atoms with E-state index in [0.717, 1.165) is 17.4 Å². The molecule has 0 unspecified atom stereocenters. The molecule has 0 aliphatic carbocycles. The van der Waals surface area contributed by atoms with Crippen LogP contribution in [-0.2, 0) is 26.2 Å². The summed E-state index contributed by atoms with van der Waals surface area (Å²) in [5.74, 6) is -0.518. The highest BCUT2D eigenvalue weighted by Gasteiger charge is 2.27. The van der Waals surface area contributed by atoms with Crippen molar-refractivity contribution < 1.29 is 18.0 Å². The molecule has 7 nitrogen and oxygen atoms in total. The van der Waals surface area contributed by atoms with Crippen LogP contribution in [0.3, 0.4) is 0 Å². The van der Waals surface area contributed by atoms with Gasteiger partial charge in [0.1, 0.15) is 6.04 Å². The number of carbonyl (C=O) groups excluding carboxylic acids is 2. The average molecular weight is 543 g/mol. The molecule has 35 heavy (non-hydrogen) atoms. The third-order valence-electron chi connectivity index (χ3n) is 5.43. The fourth-order valence-electron chi connectivity index (χ4n) is 3.65. The summed E-state index contributed by atoms with van der Waals surface area (Å²) in [6, 6.07) is 11.4. The van der Waals surface area contributed by atoms with Crippen molar-refractivity contribution >= 4 is 50.7 Å². The molecular weight excluding hydrogens is 509 g/mol. The van der Waals surface area contributed by atoms with Crippen LogP contribution in [0.2, 0.25) is 10.0 Å². The summed E-state index contributed by atoms with van der Waals surface area (Å²) in [6.45, 7) is 7.49. The first kappa shape index (κ1) is 28.9. The van der Waals surface area contributed by atoms with Crippen molar-refractivity contribution in [3.8, 4) is 0 Å². The van der Waals surface area contributed by atoms with Crippen LogP contribution in [0.15, 0.2) is 42.5 Å². The standard InChI is InChI=1S/C25H33Cl2N3O4S/c1-17(2)28-25(32)19(4)29(16-20-8-6-9-21(26)14-20)24(31)10-7-13-30(35(5,33)34)23-15-22(27)12-11-18(23)3/h6,8-9,11-12,14-15,17,19H,7,10,13,16H2,1-5H3,(H,28,32)/t19-/m0/s1. The molecule has 0 heterocycles. The van der Waals surface area contributed by atoms with Gasteiger partial charge >= 0.3 is 0 Å². The molecule has 0 aliphatic heterocycles. The van der Waals surface area contributed by atoms with Gasteiger partial charge in [-0.2, -0.15) is 0 Å². The van der Waals surface area contributed by atoms with Crippen molar-refractivity contribution in [2.75, 3.05) is 17.1 Å². The number of anilines is 1. The fraction of sp³-hybridized carbons (Fsp3) is 0.440. The Bertz CT molecular complexity index is 1160. The summed E-state index contributed by atoms with van der Waals surface area (Å²) in [5.41, 5.74) is 2.03. The maximum Gasteiger partial charge on any atom is 0.242 e. The van der Waals surface area contributed by atoms with E-state index in [1.165, 1.54) is 9.21 Å². The number of halogens is 2. The lowest BCUT2D eigenvalue weighted by Crippen LogP contribution is -2.49. The van der Waals surface area contributed by atoms with Crippen molar-refractivity contribution in [2.45, 2.75) is 59.2 Å². The van der Waals surface area contributed by atoms with Gasteiger partial charge in [0.2, 0.25) is 21.8 Å². The minimum atomic E-state index is -3.60. The van der Waals surface area contributed by atoms with Gasteiger partial charge in [0, 0.05) is 35.6 Å². The van der Waals surface area contributed by atoms with E-state index in [1.54, 1.807) is 50.2 Å². The largest absolute Gasteiger partial charge is 0.352 e. The molecule has 2 aromatic carbocycles. The molecule has 10 heteroatoms. The molecule has 0 radical (unpaired) electrons. The van der Waals surface area contributed by atoms with E-state index >= 15 is 0 Å². The smallest absolute Gasteiger partial charge is 0.242 e. The highest BCUT2D eigenvalue weighted by molar-refractivity contribution is 7.92. The number of nitrogens with zero attached hydrogens (tertiary/aromatic N) is 2. The lowest BCUT2D eigenvalue weighted by Gasteiger charge is -2.30. The lowest BCUT2D eigenvalue weighted by molar-refractivity contribution is -0.140. The molecule has 0 aromatic heterocycles. The molecule has 2 rings (SSSR count). The van der Waals surface area contributed by atoms with E-state index in [-0.39, 0.29) is 43.8 Å². The number of sulfonamides is 1. The predicted molar refractivity (Wildman–Crippen MR) is 142 cm³/mol. The molecule has 0 spiro atoms. The normalized spacial score (nSPS) is 12.3. The van der Waals surface area contributed by atoms with E-state index in [1.807, 2.05) is 19.9 Å². The van der Waals surface area contributed by atoms with Crippen molar-refractivity contribution in [3.63, 3.8) is 0 Å². The number of benzene rings is 2. The zero-order chi connectivity index (χ0) is 26.3.